The molecule has 0 bridgehead atoms. The number of azide groups is 1. The van der Waals surface area contributed by atoms with E-state index in [4.69, 9.17) is 10.3 Å². The van der Waals surface area contributed by atoms with Crippen molar-refractivity contribution in [3.05, 3.63) is 44.7 Å². The Morgan fingerprint density at radius 3 is 2.83 bits per heavy atom. The van der Waals surface area contributed by atoms with Gasteiger partial charge in [-0.3, -0.25) is 4.79 Å². The molecule has 1 aliphatic rings. The molecule has 0 radical (unpaired) electrons. The Labute approximate surface area is 113 Å². The lowest BCUT2D eigenvalue weighted by molar-refractivity contribution is -0.145. The van der Waals surface area contributed by atoms with Gasteiger partial charge in [-0.1, -0.05) is 33.2 Å². The predicted molar refractivity (Wildman–Crippen MR) is 69.7 cm³/mol. The topological polar surface area (TPSA) is 75.1 Å². The fourth-order valence-corrected chi connectivity index (χ4v) is 2.34. The molecule has 1 aliphatic carbocycles. The zero-order valence-electron chi connectivity index (χ0n) is 9.84. The van der Waals surface area contributed by atoms with E-state index in [1.807, 2.05) is 24.3 Å². The molecule has 2 atom stereocenters. The molecule has 1 aromatic carbocycles. The van der Waals surface area contributed by atoms with Gasteiger partial charge in [0.05, 0.1) is 18.1 Å². The van der Waals surface area contributed by atoms with E-state index in [1.54, 1.807) is 6.92 Å². The van der Waals surface area contributed by atoms with Gasteiger partial charge in [0.1, 0.15) is 0 Å². The Balaban J connectivity index is 2.28. The van der Waals surface area contributed by atoms with Crippen molar-refractivity contribution >= 4 is 21.9 Å². The maximum Gasteiger partial charge on any atom is 0.309 e. The van der Waals surface area contributed by atoms with Crippen LogP contribution in [0.15, 0.2) is 33.9 Å². The quantitative estimate of drug-likeness (QED) is 0.369. The highest BCUT2D eigenvalue weighted by atomic mass is 79.9. The number of hydrogen-bond acceptors (Lipinski definition) is 3. The molecule has 18 heavy (non-hydrogen) atoms. The van der Waals surface area contributed by atoms with E-state index in [-0.39, 0.29) is 11.9 Å². The second kappa shape index (κ2) is 5.00. The summed E-state index contributed by atoms with van der Waals surface area (Å²) in [7, 11) is 0. The molecular weight excluding hydrogens is 298 g/mol. The molecule has 1 saturated carbocycles. The van der Waals surface area contributed by atoms with Crippen LogP contribution in [-0.2, 0) is 15.1 Å². The molecule has 5 nitrogen and oxygen atoms in total. The lowest BCUT2D eigenvalue weighted by Gasteiger charge is -2.11. The summed E-state index contributed by atoms with van der Waals surface area (Å²) in [6, 6.07) is 7.45. The zero-order valence-corrected chi connectivity index (χ0v) is 11.4. The van der Waals surface area contributed by atoms with Crippen molar-refractivity contribution in [2.75, 3.05) is 6.61 Å². The van der Waals surface area contributed by atoms with E-state index in [0.717, 1.165) is 10.0 Å². The third-order valence-corrected chi connectivity index (χ3v) is 3.60. The van der Waals surface area contributed by atoms with Gasteiger partial charge in [0.2, 0.25) is 0 Å². The number of halogens is 1. The summed E-state index contributed by atoms with van der Waals surface area (Å²) in [5, 5.41) is 3.82. The summed E-state index contributed by atoms with van der Waals surface area (Å²) in [5.74, 6) is -0.664. The van der Waals surface area contributed by atoms with Crippen LogP contribution in [0.4, 0.5) is 0 Å². The molecule has 0 N–H and O–H groups in total. The molecule has 2 unspecified atom stereocenters. The number of carbonyl (C=O) groups excluding carboxylic acids is 1. The lowest BCUT2D eigenvalue weighted by atomic mass is 10.0. The number of benzene rings is 1. The number of rotatable bonds is 4. The number of esters is 1. The maximum absolute atomic E-state index is 11.7. The van der Waals surface area contributed by atoms with Crippen molar-refractivity contribution in [1.29, 1.82) is 0 Å². The van der Waals surface area contributed by atoms with Crippen molar-refractivity contribution in [1.82, 2.24) is 0 Å². The van der Waals surface area contributed by atoms with Crippen molar-refractivity contribution < 1.29 is 9.53 Å². The summed E-state index contributed by atoms with van der Waals surface area (Å²) >= 11 is 3.35. The second-order valence-corrected chi connectivity index (χ2v) is 5.05. The smallest absolute Gasteiger partial charge is 0.309 e. The molecule has 0 amide bonds. The standard InChI is InChI=1S/C12H12BrN3O2/c1-2-18-11(17)10-7-12(10,15-16-14)8-3-5-9(13)6-4-8/h3-6,10H,2,7H2,1H3. The Bertz CT molecular complexity index is 511. The van der Waals surface area contributed by atoms with Gasteiger partial charge in [0.15, 0.2) is 0 Å². The molecule has 94 valence electrons. The van der Waals surface area contributed by atoms with Crippen LogP contribution in [0.5, 0.6) is 0 Å². The Morgan fingerprint density at radius 1 is 1.61 bits per heavy atom. The average molecular weight is 310 g/mol. The van der Waals surface area contributed by atoms with Gasteiger partial charge in [-0.2, -0.15) is 0 Å². The van der Waals surface area contributed by atoms with Crippen LogP contribution in [0.3, 0.4) is 0 Å². The molecule has 0 saturated heterocycles. The molecule has 0 aliphatic heterocycles. The molecule has 0 heterocycles. The summed E-state index contributed by atoms with van der Waals surface area (Å²) in [5.41, 5.74) is 8.77. The second-order valence-electron chi connectivity index (χ2n) is 4.13. The fourth-order valence-electron chi connectivity index (χ4n) is 2.08. The summed E-state index contributed by atoms with van der Waals surface area (Å²) in [6.45, 7) is 2.09. The minimum absolute atomic E-state index is 0.298. The summed E-state index contributed by atoms with van der Waals surface area (Å²) < 4.78 is 5.92. The number of carbonyl (C=O) groups is 1. The van der Waals surface area contributed by atoms with Gasteiger partial charge in [0, 0.05) is 9.38 Å². The molecule has 6 heteroatoms. The third-order valence-electron chi connectivity index (χ3n) is 3.07. The number of nitrogens with zero attached hydrogens (tertiary/aromatic N) is 3. The van der Waals surface area contributed by atoms with E-state index in [2.05, 4.69) is 26.0 Å². The van der Waals surface area contributed by atoms with E-state index in [0.29, 0.717) is 13.0 Å². The van der Waals surface area contributed by atoms with Crippen LogP contribution < -0.4 is 0 Å². The molecule has 1 fully saturated rings. The predicted octanol–water partition coefficient (Wildman–Crippen LogP) is 3.54. The fraction of sp³-hybridized carbons (Fsp3) is 0.417. The van der Waals surface area contributed by atoms with E-state index in [9.17, 15) is 4.79 Å². The van der Waals surface area contributed by atoms with Gasteiger partial charge in [0.25, 0.3) is 0 Å². The lowest BCUT2D eigenvalue weighted by Crippen LogP contribution is -2.15. The normalized spacial score (nSPS) is 25.1. The number of ether oxygens (including phenoxy) is 1. The molecular formula is C12H12BrN3O2. The zero-order chi connectivity index (χ0) is 13.2. The minimum atomic E-state index is -0.762. The molecule has 2 rings (SSSR count). The highest BCUT2D eigenvalue weighted by molar-refractivity contribution is 9.10. The van der Waals surface area contributed by atoms with Crippen LogP contribution in [0.25, 0.3) is 10.4 Å². The maximum atomic E-state index is 11.7. The van der Waals surface area contributed by atoms with Crippen LogP contribution in [0.1, 0.15) is 18.9 Å². The van der Waals surface area contributed by atoms with Gasteiger partial charge >= 0.3 is 5.97 Å². The van der Waals surface area contributed by atoms with E-state index < -0.39 is 5.54 Å². The third kappa shape index (κ3) is 2.21. The average Bonchev–Trinajstić information content (AvgIpc) is 3.06. The molecule has 0 aromatic heterocycles. The van der Waals surface area contributed by atoms with Crippen molar-refractivity contribution in [3.63, 3.8) is 0 Å². The highest BCUT2D eigenvalue weighted by Crippen LogP contribution is 2.56. The Kier molecular flexibility index (Phi) is 3.59. The molecule has 0 spiro atoms. The van der Waals surface area contributed by atoms with Crippen molar-refractivity contribution in [3.8, 4) is 0 Å². The van der Waals surface area contributed by atoms with Gasteiger partial charge in [-0.05, 0) is 36.6 Å². The van der Waals surface area contributed by atoms with Crippen LogP contribution in [0.2, 0.25) is 0 Å². The van der Waals surface area contributed by atoms with Crippen molar-refractivity contribution in [2.45, 2.75) is 18.9 Å². The first-order valence-corrected chi connectivity index (χ1v) is 6.42. The van der Waals surface area contributed by atoms with E-state index in [1.165, 1.54) is 0 Å². The van der Waals surface area contributed by atoms with Crippen LogP contribution in [-0.4, -0.2) is 12.6 Å². The first kappa shape index (κ1) is 12.9. The van der Waals surface area contributed by atoms with Gasteiger partial charge in [-0.15, -0.1) is 0 Å². The molecule has 1 aromatic rings. The largest absolute Gasteiger partial charge is 0.466 e. The minimum Gasteiger partial charge on any atom is -0.466 e. The first-order valence-electron chi connectivity index (χ1n) is 5.63. The Morgan fingerprint density at radius 2 is 2.28 bits per heavy atom. The van der Waals surface area contributed by atoms with Crippen molar-refractivity contribution in [2.24, 2.45) is 11.0 Å². The van der Waals surface area contributed by atoms with Gasteiger partial charge < -0.3 is 4.74 Å². The number of hydrogen-bond donors (Lipinski definition) is 0. The summed E-state index contributed by atoms with van der Waals surface area (Å²) in [6.07, 6.45) is 0.511. The highest BCUT2D eigenvalue weighted by Gasteiger charge is 2.60. The SMILES string of the molecule is CCOC(=O)C1CC1(N=[N+]=[N-])c1ccc(Br)cc1. The Hall–Kier alpha value is -1.52. The summed E-state index contributed by atoms with van der Waals surface area (Å²) in [4.78, 5) is 14.6. The van der Waals surface area contributed by atoms with Gasteiger partial charge in [-0.25, -0.2) is 0 Å². The van der Waals surface area contributed by atoms with E-state index >= 15 is 0 Å². The first-order chi connectivity index (χ1) is 8.64. The van der Waals surface area contributed by atoms with Crippen LogP contribution in [0, 0.1) is 5.92 Å². The monoisotopic (exact) mass is 309 g/mol. The van der Waals surface area contributed by atoms with Crippen LogP contribution >= 0.6 is 15.9 Å².